The van der Waals surface area contributed by atoms with Crippen molar-refractivity contribution in [2.75, 3.05) is 0 Å². The molecule has 2 atom stereocenters. The van der Waals surface area contributed by atoms with Crippen LogP contribution >= 0.6 is 0 Å². The highest BCUT2D eigenvalue weighted by Gasteiger charge is 2.25. The second-order valence-electron chi connectivity index (χ2n) is 4.95. The summed E-state index contributed by atoms with van der Waals surface area (Å²) in [5, 5.41) is 9.15. The SMILES string of the molecule is Cc1ccc2c(c1)C(C(C)C(=O)O)=CCC2C. The third-order valence-corrected chi connectivity index (χ3v) is 3.58. The smallest absolute Gasteiger partial charge is 0.310 e. The topological polar surface area (TPSA) is 37.3 Å². The Labute approximate surface area is 102 Å². The summed E-state index contributed by atoms with van der Waals surface area (Å²) in [6.07, 6.45) is 3.02. The van der Waals surface area contributed by atoms with Gasteiger partial charge in [-0.25, -0.2) is 0 Å². The first-order valence-corrected chi connectivity index (χ1v) is 6.04. The molecule has 2 rings (SSSR count). The maximum absolute atomic E-state index is 11.1. The number of benzene rings is 1. The van der Waals surface area contributed by atoms with Gasteiger partial charge in [0.05, 0.1) is 5.92 Å². The van der Waals surface area contributed by atoms with Gasteiger partial charge in [0.25, 0.3) is 0 Å². The Morgan fingerprint density at radius 1 is 1.47 bits per heavy atom. The summed E-state index contributed by atoms with van der Waals surface area (Å²) >= 11 is 0. The van der Waals surface area contributed by atoms with Gasteiger partial charge in [-0.15, -0.1) is 0 Å². The van der Waals surface area contributed by atoms with Crippen LogP contribution in [0.25, 0.3) is 5.57 Å². The standard InChI is InChI=1S/C15H18O2/c1-9-4-6-12-10(2)5-7-13(14(12)8-9)11(3)15(16)17/h4,6-8,10-11H,5H2,1-3H3,(H,16,17). The Morgan fingerprint density at radius 2 is 2.18 bits per heavy atom. The number of carbonyl (C=O) groups is 1. The number of hydrogen-bond acceptors (Lipinski definition) is 1. The molecule has 0 saturated carbocycles. The van der Waals surface area contributed by atoms with Gasteiger partial charge < -0.3 is 5.11 Å². The Morgan fingerprint density at radius 3 is 2.82 bits per heavy atom. The van der Waals surface area contributed by atoms with Crippen LogP contribution in [0.5, 0.6) is 0 Å². The molecular weight excluding hydrogens is 212 g/mol. The summed E-state index contributed by atoms with van der Waals surface area (Å²) in [5.74, 6) is -0.698. The van der Waals surface area contributed by atoms with Crippen molar-refractivity contribution in [3.63, 3.8) is 0 Å². The monoisotopic (exact) mass is 230 g/mol. The molecule has 0 radical (unpaired) electrons. The van der Waals surface area contributed by atoms with Crippen molar-refractivity contribution in [1.82, 2.24) is 0 Å². The average molecular weight is 230 g/mol. The summed E-state index contributed by atoms with van der Waals surface area (Å²) in [5.41, 5.74) is 4.55. The number of fused-ring (bicyclic) bond motifs is 1. The fraction of sp³-hybridized carbons (Fsp3) is 0.400. The molecule has 0 heterocycles. The van der Waals surface area contributed by atoms with Crippen LogP contribution in [0.4, 0.5) is 0 Å². The largest absolute Gasteiger partial charge is 0.481 e. The van der Waals surface area contributed by atoms with Gasteiger partial charge in [0.1, 0.15) is 0 Å². The zero-order chi connectivity index (χ0) is 12.6. The Bertz CT molecular complexity index is 486. The minimum Gasteiger partial charge on any atom is -0.481 e. The number of carboxylic acid groups (broad SMARTS) is 1. The molecule has 2 heteroatoms. The molecule has 2 nitrogen and oxygen atoms in total. The van der Waals surface area contributed by atoms with Crippen molar-refractivity contribution < 1.29 is 9.90 Å². The van der Waals surface area contributed by atoms with Gasteiger partial charge in [0, 0.05) is 0 Å². The third-order valence-electron chi connectivity index (χ3n) is 3.58. The first-order chi connectivity index (χ1) is 8.00. The Hall–Kier alpha value is -1.57. The van der Waals surface area contributed by atoms with E-state index in [1.165, 1.54) is 11.1 Å². The molecule has 1 N–H and O–H groups in total. The van der Waals surface area contributed by atoms with E-state index in [0.29, 0.717) is 5.92 Å². The van der Waals surface area contributed by atoms with Crippen molar-refractivity contribution in [2.45, 2.75) is 33.1 Å². The van der Waals surface area contributed by atoms with Gasteiger partial charge in [-0.3, -0.25) is 4.79 Å². The number of carboxylic acids is 1. The lowest BCUT2D eigenvalue weighted by Gasteiger charge is -2.25. The second kappa shape index (κ2) is 4.36. The summed E-state index contributed by atoms with van der Waals surface area (Å²) in [6.45, 7) is 5.99. The molecule has 90 valence electrons. The summed E-state index contributed by atoms with van der Waals surface area (Å²) in [6, 6.07) is 6.34. The van der Waals surface area contributed by atoms with Gasteiger partial charge in [-0.05, 0) is 42.9 Å². The van der Waals surface area contributed by atoms with E-state index in [1.54, 1.807) is 6.92 Å². The van der Waals surface area contributed by atoms with Crippen LogP contribution in [0, 0.1) is 12.8 Å². The van der Waals surface area contributed by atoms with Crippen LogP contribution < -0.4 is 0 Å². The van der Waals surface area contributed by atoms with E-state index in [9.17, 15) is 4.79 Å². The van der Waals surface area contributed by atoms with Crippen LogP contribution in [0.1, 0.15) is 42.9 Å². The molecule has 2 unspecified atom stereocenters. The highest BCUT2D eigenvalue weighted by molar-refractivity contribution is 5.88. The van der Waals surface area contributed by atoms with E-state index < -0.39 is 11.9 Å². The molecule has 1 aliphatic carbocycles. The number of rotatable bonds is 2. The molecule has 0 spiro atoms. The van der Waals surface area contributed by atoms with Crippen LogP contribution in [-0.4, -0.2) is 11.1 Å². The molecule has 0 fully saturated rings. The number of hydrogen-bond donors (Lipinski definition) is 1. The van der Waals surface area contributed by atoms with Crippen molar-refractivity contribution in [1.29, 1.82) is 0 Å². The fourth-order valence-corrected chi connectivity index (χ4v) is 2.43. The van der Waals surface area contributed by atoms with Crippen LogP contribution in [0.2, 0.25) is 0 Å². The van der Waals surface area contributed by atoms with E-state index in [2.05, 4.69) is 31.2 Å². The molecule has 1 aromatic rings. The molecule has 0 saturated heterocycles. The highest BCUT2D eigenvalue weighted by Crippen LogP contribution is 2.38. The molecule has 0 aromatic heterocycles. The van der Waals surface area contributed by atoms with Gasteiger partial charge >= 0.3 is 5.97 Å². The Kier molecular flexibility index (Phi) is 3.05. The molecule has 17 heavy (non-hydrogen) atoms. The van der Waals surface area contributed by atoms with Gasteiger partial charge in [0.15, 0.2) is 0 Å². The minimum atomic E-state index is -0.752. The molecule has 0 amide bonds. The van der Waals surface area contributed by atoms with E-state index >= 15 is 0 Å². The summed E-state index contributed by atoms with van der Waals surface area (Å²) in [7, 11) is 0. The normalized spacial score (nSPS) is 20.4. The van der Waals surface area contributed by atoms with Crippen molar-refractivity contribution >= 4 is 11.5 Å². The van der Waals surface area contributed by atoms with Gasteiger partial charge in [-0.1, -0.05) is 36.8 Å². The van der Waals surface area contributed by atoms with Crippen LogP contribution in [0.3, 0.4) is 0 Å². The van der Waals surface area contributed by atoms with Crippen molar-refractivity contribution in [3.05, 3.63) is 41.0 Å². The van der Waals surface area contributed by atoms with Crippen LogP contribution in [0.15, 0.2) is 24.3 Å². The first-order valence-electron chi connectivity index (χ1n) is 6.04. The maximum atomic E-state index is 11.1. The lowest BCUT2D eigenvalue weighted by Crippen LogP contribution is -2.16. The number of aryl methyl sites for hydroxylation is 1. The zero-order valence-electron chi connectivity index (χ0n) is 10.5. The first kappa shape index (κ1) is 11.9. The summed E-state index contributed by atoms with van der Waals surface area (Å²) in [4.78, 5) is 11.1. The number of aliphatic carboxylic acids is 1. The van der Waals surface area contributed by atoms with E-state index in [4.69, 9.17) is 5.11 Å². The highest BCUT2D eigenvalue weighted by atomic mass is 16.4. The van der Waals surface area contributed by atoms with Gasteiger partial charge in [0.2, 0.25) is 0 Å². The molecule has 0 aliphatic heterocycles. The molecule has 0 bridgehead atoms. The van der Waals surface area contributed by atoms with Crippen LogP contribution in [-0.2, 0) is 4.79 Å². The summed E-state index contributed by atoms with van der Waals surface area (Å²) < 4.78 is 0. The fourth-order valence-electron chi connectivity index (χ4n) is 2.43. The molecular formula is C15H18O2. The Balaban J connectivity index is 2.52. The van der Waals surface area contributed by atoms with E-state index in [1.807, 2.05) is 6.92 Å². The zero-order valence-corrected chi connectivity index (χ0v) is 10.5. The maximum Gasteiger partial charge on any atom is 0.310 e. The van der Waals surface area contributed by atoms with Crippen molar-refractivity contribution in [3.8, 4) is 0 Å². The van der Waals surface area contributed by atoms with E-state index in [0.717, 1.165) is 17.6 Å². The lowest BCUT2D eigenvalue weighted by atomic mass is 9.79. The predicted octanol–water partition coefficient (Wildman–Crippen LogP) is 3.61. The predicted molar refractivity (Wildman–Crippen MR) is 69.0 cm³/mol. The average Bonchev–Trinajstić information content (AvgIpc) is 2.28. The third kappa shape index (κ3) is 2.12. The number of allylic oxidation sites excluding steroid dienone is 1. The minimum absolute atomic E-state index is 0.428. The van der Waals surface area contributed by atoms with E-state index in [-0.39, 0.29) is 0 Å². The second-order valence-corrected chi connectivity index (χ2v) is 4.95. The quantitative estimate of drug-likeness (QED) is 0.842. The lowest BCUT2D eigenvalue weighted by molar-refractivity contribution is -0.139. The molecule has 1 aliphatic rings. The van der Waals surface area contributed by atoms with Crippen molar-refractivity contribution in [2.24, 2.45) is 5.92 Å². The van der Waals surface area contributed by atoms with Gasteiger partial charge in [-0.2, -0.15) is 0 Å². The molecule has 1 aromatic carbocycles.